The standard InChI is InChI=1S/C18H22OSi/c1-20(2,17-11-7-4-8-12-17)18(15-19)14-13-16-9-5-3-6-10-16/h3-14,18-19H,15H2,1-2H3/b14-13+. The molecule has 2 rings (SSSR count). The van der Waals surface area contributed by atoms with Gasteiger partial charge in [-0.3, -0.25) is 0 Å². The van der Waals surface area contributed by atoms with Crippen LogP contribution in [0.15, 0.2) is 66.7 Å². The van der Waals surface area contributed by atoms with Gasteiger partial charge in [0.05, 0.1) is 8.07 Å². The molecular formula is C18H22OSi. The van der Waals surface area contributed by atoms with Crippen molar-refractivity contribution in [2.75, 3.05) is 6.61 Å². The molecule has 1 N–H and O–H groups in total. The fourth-order valence-corrected chi connectivity index (χ4v) is 4.92. The molecule has 2 heteroatoms. The van der Waals surface area contributed by atoms with Gasteiger partial charge < -0.3 is 5.11 Å². The molecule has 0 bridgehead atoms. The second kappa shape index (κ2) is 6.68. The minimum Gasteiger partial charge on any atom is -0.396 e. The fraction of sp³-hybridized carbons (Fsp3) is 0.222. The minimum atomic E-state index is -1.70. The van der Waals surface area contributed by atoms with Gasteiger partial charge in [-0.25, -0.2) is 0 Å². The Hall–Kier alpha value is -1.64. The maximum absolute atomic E-state index is 9.78. The van der Waals surface area contributed by atoms with E-state index in [-0.39, 0.29) is 12.1 Å². The minimum absolute atomic E-state index is 0.206. The predicted molar refractivity (Wildman–Crippen MR) is 89.9 cm³/mol. The Morgan fingerprint density at radius 2 is 1.50 bits per heavy atom. The summed E-state index contributed by atoms with van der Waals surface area (Å²) >= 11 is 0. The largest absolute Gasteiger partial charge is 0.396 e. The van der Waals surface area contributed by atoms with E-state index in [9.17, 15) is 5.11 Å². The van der Waals surface area contributed by atoms with Crippen molar-refractivity contribution in [1.82, 2.24) is 0 Å². The highest BCUT2D eigenvalue weighted by Crippen LogP contribution is 2.24. The number of hydrogen-bond donors (Lipinski definition) is 1. The Kier molecular flexibility index (Phi) is 4.93. The number of aliphatic hydroxyl groups excluding tert-OH is 1. The summed E-state index contributed by atoms with van der Waals surface area (Å²) in [5.41, 5.74) is 1.41. The summed E-state index contributed by atoms with van der Waals surface area (Å²) in [7, 11) is -1.70. The molecule has 0 heterocycles. The Bertz CT molecular complexity index is 546. The van der Waals surface area contributed by atoms with Gasteiger partial charge in [-0.2, -0.15) is 0 Å². The summed E-state index contributed by atoms with van der Waals surface area (Å²) in [6.45, 7) is 4.84. The lowest BCUT2D eigenvalue weighted by Crippen LogP contribution is -2.46. The highest BCUT2D eigenvalue weighted by atomic mass is 28.3. The zero-order valence-electron chi connectivity index (χ0n) is 12.2. The van der Waals surface area contributed by atoms with E-state index in [0.717, 1.165) is 0 Å². The van der Waals surface area contributed by atoms with E-state index in [1.54, 1.807) is 0 Å². The SMILES string of the molecule is C[Si](C)(c1ccccc1)C(/C=C/c1ccccc1)CO. The van der Waals surface area contributed by atoms with Crippen molar-refractivity contribution in [2.45, 2.75) is 18.6 Å². The van der Waals surface area contributed by atoms with Gasteiger partial charge in [0.2, 0.25) is 0 Å². The fourth-order valence-electron chi connectivity index (χ4n) is 2.40. The summed E-state index contributed by atoms with van der Waals surface area (Å²) in [4.78, 5) is 0. The van der Waals surface area contributed by atoms with Crippen molar-refractivity contribution >= 4 is 19.3 Å². The average molecular weight is 282 g/mol. The van der Waals surface area contributed by atoms with Gasteiger partial charge in [0.25, 0.3) is 0 Å². The maximum atomic E-state index is 9.78. The van der Waals surface area contributed by atoms with Crippen LogP contribution in [-0.4, -0.2) is 19.8 Å². The molecule has 0 aliphatic carbocycles. The molecule has 0 fully saturated rings. The van der Waals surface area contributed by atoms with Crippen LogP contribution in [0.2, 0.25) is 18.6 Å². The molecule has 0 radical (unpaired) electrons. The molecule has 0 aliphatic rings. The van der Waals surface area contributed by atoms with Crippen LogP contribution in [0.4, 0.5) is 0 Å². The molecule has 0 saturated carbocycles. The van der Waals surface area contributed by atoms with E-state index in [1.165, 1.54) is 10.8 Å². The molecule has 20 heavy (non-hydrogen) atoms. The van der Waals surface area contributed by atoms with Gasteiger partial charge in [0.15, 0.2) is 0 Å². The zero-order valence-corrected chi connectivity index (χ0v) is 13.2. The number of aliphatic hydroxyl groups is 1. The van der Waals surface area contributed by atoms with E-state index < -0.39 is 8.07 Å². The third kappa shape index (κ3) is 3.47. The first-order chi connectivity index (χ1) is 9.64. The predicted octanol–water partition coefficient (Wildman–Crippen LogP) is 3.68. The third-order valence-corrected chi connectivity index (χ3v) is 8.01. The Balaban J connectivity index is 2.22. The lowest BCUT2D eigenvalue weighted by atomic mass is 10.2. The molecule has 0 aromatic heterocycles. The smallest absolute Gasteiger partial charge is 0.0898 e. The molecule has 0 aliphatic heterocycles. The van der Waals surface area contributed by atoms with Gasteiger partial charge >= 0.3 is 0 Å². The topological polar surface area (TPSA) is 20.2 Å². The molecule has 2 aromatic rings. The van der Waals surface area contributed by atoms with Crippen molar-refractivity contribution in [3.05, 3.63) is 72.3 Å². The maximum Gasteiger partial charge on any atom is 0.0898 e. The number of benzene rings is 2. The average Bonchev–Trinajstić information content (AvgIpc) is 2.49. The van der Waals surface area contributed by atoms with E-state index in [1.807, 2.05) is 24.3 Å². The molecular weight excluding hydrogens is 260 g/mol. The Morgan fingerprint density at radius 3 is 2.05 bits per heavy atom. The van der Waals surface area contributed by atoms with E-state index in [0.29, 0.717) is 0 Å². The third-order valence-electron chi connectivity index (χ3n) is 3.96. The molecule has 1 atom stereocenters. The first-order valence-corrected chi connectivity index (χ1v) is 10.1. The molecule has 104 valence electrons. The summed E-state index contributed by atoms with van der Waals surface area (Å²) in [6.07, 6.45) is 4.30. The first kappa shape index (κ1) is 14.8. The van der Waals surface area contributed by atoms with E-state index in [2.05, 4.69) is 61.6 Å². The monoisotopic (exact) mass is 282 g/mol. The molecule has 0 spiro atoms. The van der Waals surface area contributed by atoms with Crippen LogP contribution in [0, 0.1) is 0 Å². The van der Waals surface area contributed by atoms with Crippen LogP contribution >= 0.6 is 0 Å². The summed E-state index contributed by atoms with van der Waals surface area (Å²) in [6, 6.07) is 20.8. The number of rotatable bonds is 5. The molecule has 1 unspecified atom stereocenters. The number of hydrogen-bond acceptors (Lipinski definition) is 1. The van der Waals surface area contributed by atoms with Crippen LogP contribution in [0.5, 0.6) is 0 Å². The van der Waals surface area contributed by atoms with Gasteiger partial charge in [0.1, 0.15) is 0 Å². The van der Waals surface area contributed by atoms with Gasteiger partial charge in [-0.15, -0.1) is 0 Å². The molecule has 0 amide bonds. The van der Waals surface area contributed by atoms with Crippen molar-refractivity contribution in [3.8, 4) is 0 Å². The highest BCUT2D eigenvalue weighted by molar-refractivity contribution is 6.91. The second-order valence-electron chi connectivity index (χ2n) is 5.65. The lowest BCUT2D eigenvalue weighted by molar-refractivity contribution is 0.300. The quantitative estimate of drug-likeness (QED) is 0.830. The first-order valence-electron chi connectivity index (χ1n) is 7.04. The van der Waals surface area contributed by atoms with Crippen molar-refractivity contribution in [1.29, 1.82) is 0 Å². The van der Waals surface area contributed by atoms with Crippen LogP contribution < -0.4 is 5.19 Å². The van der Waals surface area contributed by atoms with Crippen LogP contribution in [0.3, 0.4) is 0 Å². The van der Waals surface area contributed by atoms with Crippen molar-refractivity contribution in [2.24, 2.45) is 0 Å². The van der Waals surface area contributed by atoms with Gasteiger partial charge in [-0.1, -0.05) is 91.1 Å². The van der Waals surface area contributed by atoms with Gasteiger partial charge in [-0.05, 0) is 11.1 Å². The normalized spacial score (nSPS) is 13.6. The zero-order chi connectivity index (χ0) is 14.4. The summed E-state index contributed by atoms with van der Waals surface area (Å²) < 4.78 is 0. The summed E-state index contributed by atoms with van der Waals surface area (Å²) in [5, 5.41) is 11.2. The molecule has 0 saturated heterocycles. The summed E-state index contributed by atoms with van der Waals surface area (Å²) in [5.74, 6) is 0. The van der Waals surface area contributed by atoms with Crippen molar-refractivity contribution in [3.63, 3.8) is 0 Å². The highest BCUT2D eigenvalue weighted by Gasteiger charge is 2.31. The van der Waals surface area contributed by atoms with Crippen molar-refractivity contribution < 1.29 is 5.11 Å². The van der Waals surface area contributed by atoms with Crippen LogP contribution in [0.25, 0.3) is 6.08 Å². The van der Waals surface area contributed by atoms with E-state index >= 15 is 0 Å². The Morgan fingerprint density at radius 1 is 0.950 bits per heavy atom. The van der Waals surface area contributed by atoms with Crippen LogP contribution in [-0.2, 0) is 0 Å². The lowest BCUT2D eigenvalue weighted by Gasteiger charge is -2.29. The molecule has 2 aromatic carbocycles. The van der Waals surface area contributed by atoms with Gasteiger partial charge in [0, 0.05) is 6.61 Å². The second-order valence-corrected chi connectivity index (χ2v) is 10.4. The van der Waals surface area contributed by atoms with E-state index in [4.69, 9.17) is 0 Å². The Labute approximate surface area is 122 Å². The molecule has 1 nitrogen and oxygen atoms in total. The van der Waals surface area contributed by atoms with Crippen LogP contribution in [0.1, 0.15) is 5.56 Å².